The van der Waals surface area contributed by atoms with Crippen molar-refractivity contribution >= 4 is 44.4 Å². The van der Waals surface area contributed by atoms with Crippen molar-refractivity contribution in [2.75, 3.05) is 6.54 Å². The van der Waals surface area contributed by atoms with E-state index < -0.39 is 5.60 Å². The molecule has 2 N–H and O–H groups in total. The molecule has 0 aliphatic heterocycles. The highest BCUT2D eigenvalue weighted by Crippen LogP contribution is 2.31. The van der Waals surface area contributed by atoms with Gasteiger partial charge in [0.15, 0.2) is 0 Å². The average Bonchev–Trinajstić information content (AvgIpc) is 2.43. The van der Waals surface area contributed by atoms with Crippen molar-refractivity contribution in [1.82, 2.24) is 5.32 Å². The molecule has 5 heteroatoms. The minimum atomic E-state index is -0.736. The van der Waals surface area contributed by atoms with E-state index in [0.717, 1.165) is 33.7 Å². The summed E-state index contributed by atoms with van der Waals surface area (Å²) in [6.45, 7) is 2.54. The molecule has 20 heavy (non-hydrogen) atoms. The SMILES string of the molecule is CC1CCC(O)(CNC(=O)c2cc(Br)ccc2I)CC1. The van der Waals surface area contributed by atoms with E-state index >= 15 is 0 Å². The maximum atomic E-state index is 12.2. The Morgan fingerprint density at radius 3 is 2.80 bits per heavy atom. The van der Waals surface area contributed by atoms with Gasteiger partial charge in [-0.1, -0.05) is 22.9 Å². The number of nitrogens with one attached hydrogen (secondary N) is 1. The van der Waals surface area contributed by atoms with Crippen molar-refractivity contribution in [3.05, 3.63) is 31.8 Å². The summed E-state index contributed by atoms with van der Waals surface area (Å²) in [6, 6.07) is 5.62. The summed E-state index contributed by atoms with van der Waals surface area (Å²) in [5, 5.41) is 13.4. The Hall–Kier alpha value is -0.140. The summed E-state index contributed by atoms with van der Waals surface area (Å²) in [4.78, 5) is 12.2. The first kappa shape index (κ1) is 16.2. The topological polar surface area (TPSA) is 49.3 Å². The second kappa shape index (κ2) is 6.75. The number of aliphatic hydroxyl groups is 1. The van der Waals surface area contributed by atoms with Crippen LogP contribution in [0, 0.1) is 9.49 Å². The molecule has 1 saturated carbocycles. The van der Waals surface area contributed by atoms with E-state index in [4.69, 9.17) is 0 Å². The maximum Gasteiger partial charge on any atom is 0.252 e. The molecule has 1 fully saturated rings. The van der Waals surface area contributed by atoms with E-state index in [0.29, 0.717) is 18.0 Å². The van der Waals surface area contributed by atoms with Crippen molar-refractivity contribution in [2.24, 2.45) is 5.92 Å². The normalized spacial score (nSPS) is 26.3. The molecule has 1 amide bonds. The smallest absolute Gasteiger partial charge is 0.252 e. The van der Waals surface area contributed by atoms with Gasteiger partial charge in [0.05, 0.1) is 11.2 Å². The van der Waals surface area contributed by atoms with Gasteiger partial charge >= 0.3 is 0 Å². The third-order valence-corrected chi connectivity index (χ3v) is 5.39. The van der Waals surface area contributed by atoms with E-state index in [1.165, 1.54) is 0 Å². The average molecular weight is 452 g/mol. The highest BCUT2D eigenvalue weighted by atomic mass is 127. The van der Waals surface area contributed by atoms with E-state index in [9.17, 15) is 9.90 Å². The molecule has 0 atom stereocenters. The second-order valence-corrected chi connectivity index (χ2v) is 7.79. The molecule has 0 spiro atoms. The van der Waals surface area contributed by atoms with Gasteiger partial charge in [0.2, 0.25) is 0 Å². The van der Waals surface area contributed by atoms with Crippen LogP contribution in [0.15, 0.2) is 22.7 Å². The van der Waals surface area contributed by atoms with Gasteiger partial charge in [0.1, 0.15) is 0 Å². The van der Waals surface area contributed by atoms with Crippen LogP contribution in [0.1, 0.15) is 43.0 Å². The Bertz CT molecular complexity index is 499. The summed E-state index contributed by atoms with van der Waals surface area (Å²) >= 11 is 5.53. The van der Waals surface area contributed by atoms with Gasteiger partial charge in [-0.15, -0.1) is 0 Å². The summed E-state index contributed by atoms with van der Waals surface area (Å²) in [6.07, 6.45) is 3.59. The van der Waals surface area contributed by atoms with Gasteiger partial charge in [-0.3, -0.25) is 4.79 Å². The maximum absolute atomic E-state index is 12.2. The fraction of sp³-hybridized carbons (Fsp3) is 0.533. The van der Waals surface area contributed by atoms with Gasteiger partial charge in [-0.2, -0.15) is 0 Å². The predicted octanol–water partition coefficient (Wildman–Crippen LogP) is 3.72. The van der Waals surface area contributed by atoms with E-state index in [1.807, 2.05) is 18.2 Å². The van der Waals surface area contributed by atoms with E-state index in [-0.39, 0.29) is 5.91 Å². The van der Waals surface area contributed by atoms with Crippen molar-refractivity contribution in [3.63, 3.8) is 0 Å². The van der Waals surface area contributed by atoms with Crippen LogP contribution >= 0.6 is 38.5 Å². The Morgan fingerprint density at radius 1 is 1.50 bits per heavy atom. The number of rotatable bonds is 3. The standard InChI is InChI=1S/C15H19BrINO2/c1-10-4-6-15(20,7-5-10)9-18-14(19)12-8-11(16)2-3-13(12)17/h2-3,8,10,20H,4-7,9H2,1H3,(H,18,19). The molecule has 1 aliphatic rings. The Balaban J connectivity index is 1.97. The zero-order valence-corrected chi connectivity index (χ0v) is 15.2. The van der Waals surface area contributed by atoms with Crippen molar-refractivity contribution in [3.8, 4) is 0 Å². The van der Waals surface area contributed by atoms with Crippen LogP contribution in [0.25, 0.3) is 0 Å². The van der Waals surface area contributed by atoms with Crippen LogP contribution < -0.4 is 5.32 Å². The summed E-state index contributed by atoms with van der Waals surface area (Å²) in [5.41, 5.74) is -0.0904. The summed E-state index contributed by atoms with van der Waals surface area (Å²) < 4.78 is 1.79. The first-order valence-corrected chi connectivity index (χ1v) is 8.72. The highest BCUT2D eigenvalue weighted by Gasteiger charge is 2.32. The van der Waals surface area contributed by atoms with Crippen LogP contribution in [0.2, 0.25) is 0 Å². The van der Waals surface area contributed by atoms with Crippen LogP contribution in [0.4, 0.5) is 0 Å². The highest BCUT2D eigenvalue weighted by molar-refractivity contribution is 14.1. The molecule has 110 valence electrons. The van der Waals surface area contributed by atoms with Crippen LogP contribution in [-0.4, -0.2) is 23.2 Å². The Kier molecular flexibility index (Phi) is 5.48. The molecule has 2 rings (SSSR count). The molecule has 3 nitrogen and oxygen atoms in total. The van der Waals surface area contributed by atoms with Crippen LogP contribution in [-0.2, 0) is 0 Å². The lowest BCUT2D eigenvalue weighted by Gasteiger charge is -2.35. The van der Waals surface area contributed by atoms with Gasteiger partial charge in [-0.05, 0) is 72.4 Å². The first-order valence-electron chi connectivity index (χ1n) is 6.85. The van der Waals surface area contributed by atoms with E-state index in [2.05, 4.69) is 50.8 Å². The molecular weight excluding hydrogens is 433 g/mol. The molecule has 1 aliphatic carbocycles. The molecule has 1 aromatic rings. The minimum absolute atomic E-state index is 0.122. The zero-order chi connectivity index (χ0) is 14.8. The van der Waals surface area contributed by atoms with Gasteiger partial charge in [0.25, 0.3) is 5.91 Å². The number of halogens is 2. The minimum Gasteiger partial charge on any atom is -0.388 e. The van der Waals surface area contributed by atoms with Crippen LogP contribution in [0.5, 0.6) is 0 Å². The number of hydrogen-bond donors (Lipinski definition) is 2. The number of carbonyl (C=O) groups excluding carboxylic acids is 1. The van der Waals surface area contributed by atoms with Crippen molar-refractivity contribution in [2.45, 2.75) is 38.2 Å². The van der Waals surface area contributed by atoms with Gasteiger partial charge in [-0.25, -0.2) is 0 Å². The molecule has 0 heterocycles. The quantitative estimate of drug-likeness (QED) is 0.688. The third kappa shape index (κ3) is 4.18. The first-order chi connectivity index (χ1) is 9.39. The molecule has 0 saturated heterocycles. The zero-order valence-electron chi connectivity index (χ0n) is 11.5. The Labute approximate surface area is 141 Å². The van der Waals surface area contributed by atoms with Gasteiger partial charge in [0, 0.05) is 14.6 Å². The lowest BCUT2D eigenvalue weighted by Crippen LogP contribution is -2.45. The molecule has 0 aromatic heterocycles. The predicted molar refractivity (Wildman–Crippen MR) is 91.8 cm³/mol. The molecule has 1 aromatic carbocycles. The molecular formula is C15H19BrINO2. The largest absolute Gasteiger partial charge is 0.388 e. The second-order valence-electron chi connectivity index (χ2n) is 5.71. The third-order valence-electron chi connectivity index (χ3n) is 3.96. The Morgan fingerprint density at radius 2 is 2.15 bits per heavy atom. The number of benzene rings is 1. The number of amides is 1. The fourth-order valence-electron chi connectivity index (χ4n) is 2.49. The van der Waals surface area contributed by atoms with Crippen LogP contribution in [0.3, 0.4) is 0 Å². The molecule has 0 bridgehead atoms. The van der Waals surface area contributed by atoms with Crippen molar-refractivity contribution in [1.29, 1.82) is 0 Å². The summed E-state index contributed by atoms with van der Waals surface area (Å²) in [7, 11) is 0. The molecule has 0 radical (unpaired) electrons. The lowest BCUT2D eigenvalue weighted by atomic mass is 9.79. The number of hydrogen-bond acceptors (Lipinski definition) is 2. The fourth-order valence-corrected chi connectivity index (χ4v) is 3.43. The van der Waals surface area contributed by atoms with Gasteiger partial charge < -0.3 is 10.4 Å². The van der Waals surface area contributed by atoms with Crippen molar-refractivity contribution < 1.29 is 9.90 Å². The monoisotopic (exact) mass is 451 g/mol. The van der Waals surface area contributed by atoms with E-state index in [1.54, 1.807) is 0 Å². The lowest BCUT2D eigenvalue weighted by molar-refractivity contribution is -0.00540. The summed E-state index contributed by atoms with van der Waals surface area (Å²) in [5.74, 6) is 0.555. The number of carbonyl (C=O) groups is 1. The molecule has 0 unspecified atom stereocenters.